The van der Waals surface area contributed by atoms with Gasteiger partial charge in [0.05, 0.1) is 11.3 Å². The molecule has 2 aromatic rings. The highest BCUT2D eigenvalue weighted by molar-refractivity contribution is 6.33. The van der Waals surface area contributed by atoms with Gasteiger partial charge in [-0.05, 0) is 49.2 Å². The molecule has 20 heavy (non-hydrogen) atoms. The van der Waals surface area contributed by atoms with Gasteiger partial charge in [-0.3, -0.25) is 14.6 Å². The van der Waals surface area contributed by atoms with Gasteiger partial charge in [0.1, 0.15) is 11.4 Å². The second-order valence-electron chi connectivity index (χ2n) is 4.77. The number of fused-ring (bicyclic) bond motifs is 1. The quantitative estimate of drug-likeness (QED) is 0.805. The van der Waals surface area contributed by atoms with E-state index in [-0.39, 0.29) is 17.4 Å². The molecule has 0 unspecified atom stereocenters. The number of rotatable bonds is 1. The Morgan fingerprint density at radius 3 is 2.55 bits per heavy atom. The fraction of sp³-hybridized carbons (Fsp3) is 0.133. The van der Waals surface area contributed by atoms with Crippen LogP contribution >= 0.6 is 0 Å². The summed E-state index contributed by atoms with van der Waals surface area (Å²) in [6.45, 7) is 3.46. The van der Waals surface area contributed by atoms with Gasteiger partial charge in [0.2, 0.25) is 0 Å². The SMILES string of the molecule is Cc1cc(N2C(=O)c3cccnc3C2=O)c(C)cc1O. The number of amides is 2. The largest absolute Gasteiger partial charge is 0.508 e. The highest BCUT2D eigenvalue weighted by Crippen LogP contribution is 2.33. The van der Waals surface area contributed by atoms with Crippen LogP contribution in [0.4, 0.5) is 5.69 Å². The minimum absolute atomic E-state index is 0.140. The lowest BCUT2D eigenvalue weighted by molar-refractivity contribution is 0.0924. The molecule has 0 atom stereocenters. The summed E-state index contributed by atoms with van der Waals surface area (Å²) in [6, 6.07) is 6.39. The molecule has 1 aliphatic heterocycles. The van der Waals surface area contributed by atoms with E-state index < -0.39 is 5.91 Å². The zero-order chi connectivity index (χ0) is 14.4. The molecule has 0 fully saturated rings. The zero-order valence-corrected chi connectivity index (χ0v) is 11.0. The van der Waals surface area contributed by atoms with Gasteiger partial charge in [-0.2, -0.15) is 0 Å². The molecular formula is C15H12N2O3. The molecule has 0 bridgehead atoms. The lowest BCUT2D eigenvalue weighted by Gasteiger charge is -2.17. The van der Waals surface area contributed by atoms with Crippen LogP contribution in [0.25, 0.3) is 0 Å². The summed E-state index contributed by atoms with van der Waals surface area (Å²) in [7, 11) is 0. The van der Waals surface area contributed by atoms with Crippen LogP contribution in [-0.4, -0.2) is 21.9 Å². The number of aromatic hydroxyl groups is 1. The lowest BCUT2D eigenvalue weighted by Crippen LogP contribution is -2.30. The Balaban J connectivity index is 2.17. The van der Waals surface area contributed by atoms with Gasteiger partial charge in [0.15, 0.2) is 0 Å². The maximum atomic E-state index is 12.4. The second kappa shape index (κ2) is 4.16. The van der Waals surface area contributed by atoms with Crippen LogP contribution < -0.4 is 4.90 Å². The summed E-state index contributed by atoms with van der Waals surface area (Å²) in [6.07, 6.45) is 1.49. The average molecular weight is 268 g/mol. The number of carbonyl (C=O) groups is 2. The Labute approximate surface area is 115 Å². The third-order valence-electron chi connectivity index (χ3n) is 3.40. The highest BCUT2D eigenvalue weighted by atomic mass is 16.3. The number of pyridine rings is 1. The van der Waals surface area contributed by atoms with Crippen LogP contribution in [0.5, 0.6) is 5.75 Å². The van der Waals surface area contributed by atoms with Crippen molar-refractivity contribution in [1.82, 2.24) is 4.98 Å². The van der Waals surface area contributed by atoms with Crippen LogP contribution in [0.15, 0.2) is 30.5 Å². The summed E-state index contributed by atoms with van der Waals surface area (Å²) in [5, 5.41) is 9.67. The van der Waals surface area contributed by atoms with Crippen LogP contribution in [-0.2, 0) is 0 Å². The average Bonchev–Trinajstić information content (AvgIpc) is 2.68. The van der Waals surface area contributed by atoms with Crippen LogP contribution in [0.1, 0.15) is 32.0 Å². The molecule has 0 spiro atoms. The molecule has 0 saturated carbocycles. The molecule has 1 aromatic carbocycles. The Morgan fingerprint density at radius 2 is 1.85 bits per heavy atom. The van der Waals surface area contributed by atoms with Crippen LogP contribution in [0.2, 0.25) is 0 Å². The van der Waals surface area contributed by atoms with Crippen molar-refractivity contribution in [3.05, 3.63) is 52.8 Å². The van der Waals surface area contributed by atoms with Gasteiger partial charge in [0, 0.05) is 6.20 Å². The molecule has 1 aliphatic rings. The first kappa shape index (κ1) is 12.3. The topological polar surface area (TPSA) is 70.5 Å². The molecule has 1 aromatic heterocycles. The fourth-order valence-electron chi connectivity index (χ4n) is 2.31. The molecule has 0 aliphatic carbocycles. The molecular weight excluding hydrogens is 256 g/mol. The number of phenolic OH excluding ortho intramolecular Hbond substituents is 1. The van der Waals surface area contributed by atoms with E-state index in [1.807, 2.05) is 0 Å². The normalized spacial score (nSPS) is 13.8. The van der Waals surface area contributed by atoms with E-state index in [0.717, 1.165) is 4.90 Å². The van der Waals surface area contributed by atoms with Gasteiger partial charge in [-0.1, -0.05) is 0 Å². The summed E-state index contributed by atoms with van der Waals surface area (Å²) >= 11 is 0. The molecule has 100 valence electrons. The van der Waals surface area contributed by atoms with E-state index in [0.29, 0.717) is 22.4 Å². The summed E-state index contributed by atoms with van der Waals surface area (Å²) in [5.74, 6) is -0.675. The third-order valence-corrected chi connectivity index (χ3v) is 3.40. The number of carbonyl (C=O) groups excluding carboxylic acids is 2. The monoisotopic (exact) mass is 268 g/mol. The van der Waals surface area contributed by atoms with E-state index in [1.54, 1.807) is 38.1 Å². The van der Waals surface area contributed by atoms with E-state index in [9.17, 15) is 14.7 Å². The first-order valence-electron chi connectivity index (χ1n) is 6.14. The van der Waals surface area contributed by atoms with Gasteiger partial charge >= 0.3 is 0 Å². The lowest BCUT2D eigenvalue weighted by atomic mass is 10.1. The van der Waals surface area contributed by atoms with Gasteiger partial charge in [-0.15, -0.1) is 0 Å². The fourth-order valence-corrected chi connectivity index (χ4v) is 2.31. The standard InChI is InChI=1S/C15H12N2O3/c1-8-7-12(18)9(2)6-11(8)17-14(19)10-4-3-5-16-13(10)15(17)20/h3-7,18H,1-2H3. The van der Waals surface area contributed by atoms with E-state index >= 15 is 0 Å². The highest BCUT2D eigenvalue weighted by Gasteiger charge is 2.38. The van der Waals surface area contributed by atoms with Crippen molar-refractivity contribution in [2.24, 2.45) is 0 Å². The molecule has 5 nitrogen and oxygen atoms in total. The number of imide groups is 1. The molecule has 5 heteroatoms. The molecule has 0 saturated heterocycles. The number of aromatic nitrogens is 1. The van der Waals surface area contributed by atoms with Crippen molar-refractivity contribution in [3.8, 4) is 5.75 Å². The number of anilines is 1. The molecule has 0 radical (unpaired) electrons. The number of benzene rings is 1. The Kier molecular flexibility index (Phi) is 2.57. The van der Waals surface area contributed by atoms with E-state index in [2.05, 4.69) is 4.98 Å². The number of hydrogen-bond acceptors (Lipinski definition) is 4. The predicted molar refractivity (Wildman–Crippen MR) is 73.0 cm³/mol. The van der Waals surface area contributed by atoms with Crippen molar-refractivity contribution >= 4 is 17.5 Å². The van der Waals surface area contributed by atoms with Crippen molar-refractivity contribution in [1.29, 1.82) is 0 Å². The molecule has 1 N–H and O–H groups in total. The van der Waals surface area contributed by atoms with E-state index in [1.165, 1.54) is 6.20 Å². The molecule has 2 heterocycles. The number of hydrogen-bond donors (Lipinski definition) is 1. The number of nitrogens with zero attached hydrogens (tertiary/aromatic N) is 2. The van der Waals surface area contributed by atoms with Crippen molar-refractivity contribution in [2.75, 3.05) is 4.90 Å². The first-order valence-corrected chi connectivity index (χ1v) is 6.14. The van der Waals surface area contributed by atoms with Gasteiger partial charge in [0.25, 0.3) is 11.8 Å². The minimum atomic E-state index is -0.432. The molecule has 2 amide bonds. The van der Waals surface area contributed by atoms with Crippen LogP contribution in [0, 0.1) is 13.8 Å². The Hall–Kier alpha value is -2.69. The maximum absolute atomic E-state index is 12.4. The van der Waals surface area contributed by atoms with Crippen molar-refractivity contribution < 1.29 is 14.7 Å². The van der Waals surface area contributed by atoms with Crippen molar-refractivity contribution in [3.63, 3.8) is 0 Å². The Morgan fingerprint density at radius 1 is 1.10 bits per heavy atom. The number of aryl methyl sites for hydroxylation is 2. The first-order chi connectivity index (χ1) is 9.50. The smallest absolute Gasteiger partial charge is 0.284 e. The van der Waals surface area contributed by atoms with Crippen LogP contribution in [0.3, 0.4) is 0 Å². The third kappa shape index (κ3) is 1.60. The predicted octanol–water partition coefficient (Wildman–Crippen LogP) is 2.20. The van der Waals surface area contributed by atoms with E-state index in [4.69, 9.17) is 0 Å². The summed E-state index contributed by atoms with van der Waals surface area (Å²) < 4.78 is 0. The zero-order valence-electron chi connectivity index (χ0n) is 11.0. The second-order valence-corrected chi connectivity index (χ2v) is 4.77. The number of phenols is 1. The van der Waals surface area contributed by atoms with Gasteiger partial charge < -0.3 is 5.11 Å². The minimum Gasteiger partial charge on any atom is -0.508 e. The summed E-state index contributed by atoms with van der Waals surface area (Å²) in [5.41, 5.74) is 2.22. The summed E-state index contributed by atoms with van der Waals surface area (Å²) in [4.78, 5) is 29.8. The molecule has 3 rings (SSSR count). The van der Waals surface area contributed by atoms with Crippen molar-refractivity contribution in [2.45, 2.75) is 13.8 Å². The van der Waals surface area contributed by atoms with Gasteiger partial charge in [-0.25, -0.2) is 4.90 Å². The maximum Gasteiger partial charge on any atom is 0.284 e. The Bertz CT molecular complexity index is 718.